The van der Waals surface area contributed by atoms with Crippen molar-refractivity contribution < 1.29 is 14.3 Å². The van der Waals surface area contributed by atoms with E-state index in [2.05, 4.69) is 15.6 Å². The zero-order chi connectivity index (χ0) is 16.4. The van der Waals surface area contributed by atoms with Gasteiger partial charge in [-0.15, -0.1) is 0 Å². The van der Waals surface area contributed by atoms with Gasteiger partial charge in [0.05, 0.1) is 12.1 Å². The molecule has 1 aliphatic carbocycles. The number of benzene rings is 1. The number of aromatic nitrogens is 1. The number of carbonyl (C=O) groups is 1. The first-order chi connectivity index (χ1) is 11.0. The first-order valence-corrected chi connectivity index (χ1v) is 7.86. The molecule has 124 valence electrons. The van der Waals surface area contributed by atoms with Crippen molar-refractivity contribution in [3.8, 4) is 0 Å². The van der Waals surface area contributed by atoms with Crippen molar-refractivity contribution in [1.29, 1.82) is 0 Å². The molecule has 1 heterocycles. The van der Waals surface area contributed by atoms with Gasteiger partial charge >= 0.3 is 6.03 Å². The summed E-state index contributed by atoms with van der Waals surface area (Å²) in [4.78, 5) is 18.2. The molecule has 1 aromatic carbocycles. The maximum atomic E-state index is 12.1. The van der Waals surface area contributed by atoms with E-state index >= 15 is 0 Å². The summed E-state index contributed by atoms with van der Waals surface area (Å²) in [6.07, 6.45) is 3.12. The van der Waals surface area contributed by atoms with Gasteiger partial charge in [-0.1, -0.05) is 12.8 Å². The van der Waals surface area contributed by atoms with Crippen LogP contribution in [0, 0.1) is 0 Å². The second kappa shape index (κ2) is 6.45. The molecule has 0 spiro atoms. The third-order valence-corrected chi connectivity index (χ3v) is 4.06. The lowest BCUT2D eigenvalue weighted by atomic mass is 9.93. The Morgan fingerprint density at radius 1 is 1.35 bits per heavy atom. The number of hydrogen-bond donors (Lipinski definition) is 3. The predicted molar refractivity (Wildman–Crippen MR) is 88.8 cm³/mol. The van der Waals surface area contributed by atoms with Gasteiger partial charge < -0.3 is 25.1 Å². The predicted octanol–water partition coefficient (Wildman–Crippen LogP) is 2.32. The number of carbonyl (C=O) groups excluding carboxylic acids is 1. The number of aliphatic hydroxyl groups excluding tert-OH is 1. The number of anilines is 2. The highest BCUT2D eigenvalue weighted by Gasteiger charge is 2.24. The highest BCUT2D eigenvalue weighted by molar-refractivity contribution is 5.92. The van der Waals surface area contributed by atoms with Crippen LogP contribution in [0.3, 0.4) is 0 Å². The summed E-state index contributed by atoms with van der Waals surface area (Å²) in [6.45, 7) is 0. The molecule has 2 atom stereocenters. The molecule has 2 unspecified atom stereocenters. The fourth-order valence-corrected chi connectivity index (χ4v) is 2.80. The van der Waals surface area contributed by atoms with Crippen LogP contribution in [0.4, 0.5) is 16.5 Å². The van der Waals surface area contributed by atoms with E-state index in [0.29, 0.717) is 22.8 Å². The molecule has 1 aliphatic rings. The lowest BCUT2D eigenvalue weighted by Crippen LogP contribution is -2.46. The molecule has 2 aromatic rings. The van der Waals surface area contributed by atoms with Crippen LogP contribution < -0.4 is 15.5 Å². The topological polar surface area (TPSA) is 90.6 Å². The maximum Gasteiger partial charge on any atom is 0.319 e. The summed E-state index contributed by atoms with van der Waals surface area (Å²) < 4.78 is 5.58. The smallest absolute Gasteiger partial charge is 0.319 e. The molecule has 0 saturated heterocycles. The Labute approximate surface area is 134 Å². The molecule has 3 rings (SSSR count). The average Bonchev–Trinajstić information content (AvgIpc) is 2.93. The number of oxazole rings is 1. The number of amides is 2. The van der Waals surface area contributed by atoms with Crippen LogP contribution in [-0.4, -0.2) is 42.4 Å². The third-order valence-electron chi connectivity index (χ3n) is 4.06. The van der Waals surface area contributed by atoms with Gasteiger partial charge in [-0.3, -0.25) is 0 Å². The molecular formula is C16H22N4O3. The van der Waals surface area contributed by atoms with Crippen molar-refractivity contribution >= 4 is 28.8 Å². The first kappa shape index (κ1) is 15.6. The van der Waals surface area contributed by atoms with Gasteiger partial charge in [0.15, 0.2) is 5.58 Å². The van der Waals surface area contributed by atoms with Gasteiger partial charge in [0.2, 0.25) is 0 Å². The second-order valence-corrected chi connectivity index (χ2v) is 6.13. The van der Waals surface area contributed by atoms with Crippen molar-refractivity contribution in [2.45, 2.75) is 37.8 Å². The van der Waals surface area contributed by atoms with Crippen LogP contribution in [0.15, 0.2) is 22.6 Å². The van der Waals surface area contributed by atoms with Crippen LogP contribution in [-0.2, 0) is 0 Å². The van der Waals surface area contributed by atoms with E-state index in [1.54, 1.807) is 23.1 Å². The average molecular weight is 318 g/mol. The van der Waals surface area contributed by atoms with Crippen molar-refractivity contribution in [2.24, 2.45) is 0 Å². The molecule has 0 aliphatic heterocycles. The second-order valence-electron chi connectivity index (χ2n) is 6.13. The quantitative estimate of drug-likeness (QED) is 0.808. The van der Waals surface area contributed by atoms with Crippen LogP contribution in [0.5, 0.6) is 0 Å². The molecule has 0 radical (unpaired) electrons. The SMILES string of the molecule is CN(C)c1nc2cc(NC(=O)NC3CCCCC3O)ccc2o1. The fourth-order valence-electron chi connectivity index (χ4n) is 2.80. The minimum Gasteiger partial charge on any atom is -0.423 e. The van der Waals surface area contributed by atoms with Crippen molar-refractivity contribution in [3.63, 3.8) is 0 Å². The summed E-state index contributed by atoms with van der Waals surface area (Å²) >= 11 is 0. The van der Waals surface area contributed by atoms with Gasteiger partial charge in [0, 0.05) is 19.8 Å². The summed E-state index contributed by atoms with van der Waals surface area (Å²) in [5.74, 6) is 0. The summed E-state index contributed by atoms with van der Waals surface area (Å²) in [7, 11) is 3.71. The first-order valence-electron chi connectivity index (χ1n) is 7.86. The lowest BCUT2D eigenvalue weighted by Gasteiger charge is -2.28. The Hall–Kier alpha value is -2.28. The van der Waals surface area contributed by atoms with E-state index < -0.39 is 6.10 Å². The normalized spacial score (nSPS) is 21.2. The zero-order valence-electron chi connectivity index (χ0n) is 13.4. The molecular weight excluding hydrogens is 296 g/mol. The molecule has 3 N–H and O–H groups in total. The minimum atomic E-state index is -0.463. The standard InChI is InChI=1S/C16H22N4O3/c1-20(2)16-19-12-9-10(7-8-14(12)23-16)17-15(22)18-11-5-3-4-6-13(11)21/h7-9,11,13,21H,3-6H2,1-2H3,(H2,17,18,22). The molecule has 7 heteroatoms. The monoisotopic (exact) mass is 318 g/mol. The van der Waals surface area contributed by atoms with Gasteiger partial charge in [0.1, 0.15) is 5.52 Å². The maximum absolute atomic E-state index is 12.1. The Balaban J connectivity index is 1.67. The Kier molecular flexibility index (Phi) is 4.38. The fraction of sp³-hybridized carbons (Fsp3) is 0.500. The summed E-state index contributed by atoms with van der Waals surface area (Å²) in [6, 6.07) is 5.34. The van der Waals surface area contributed by atoms with E-state index in [1.807, 2.05) is 14.1 Å². The number of rotatable bonds is 3. The van der Waals surface area contributed by atoms with Crippen LogP contribution >= 0.6 is 0 Å². The van der Waals surface area contributed by atoms with Gasteiger partial charge in [-0.05, 0) is 31.0 Å². The molecule has 7 nitrogen and oxygen atoms in total. The number of fused-ring (bicyclic) bond motifs is 1. The van der Waals surface area contributed by atoms with Crippen molar-refractivity contribution in [3.05, 3.63) is 18.2 Å². The van der Waals surface area contributed by atoms with Gasteiger partial charge in [-0.2, -0.15) is 4.98 Å². The number of hydrogen-bond acceptors (Lipinski definition) is 5. The highest BCUT2D eigenvalue weighted by Crippen LogP contribution is 2.24. The van der Waals surface area contributed by atoms with Crippen LogP contribution in [0.25, 0.3) is 11.1 Å². The molecule has 1 aromatic heterocycles. The Morgan fingerprint density at radius 2 is 2.13 bits per heavy atom. The van der Waals surface area contributed by atoms with E-state index in [9.17, 15) is 9.90 Å². The summed E-state index contributed by atoms with van der Waals surface area (Å²) in [5, 5.41) is 15.5. The van der Waals surface area contributed by atoms with Crippen LogP contribution in [0.1, 0.15) is 25.7 Å². The molecule has 0 bridgehead atoms. The number of aliphatic hydroxyl groups is 1. The van der Waals surface area contributed by atoms with Crippen molar-refractivity contribution in [1.82, 2.24) is 10.3 Å². The van der Waals surface area contributed by atoms with Gasteiger partial charge in [-0.25, -0.2) is 4.79 Å². The van der Waals surface area contributed by atoms with E-state index in [0.717, 1.165) is 25.7 Å². The van der Waals surface area contributed by atoms with Gasteiger partial charge in [0.25, 0.3) is 6.01 Å². The molecule has 23 heavy (non-hydrogen) atoms. The summed E-state index contributed by atoms with van der Waals surface area (Å²) in [5.41, 5.74) is 1.99. The van der Waals surface area contributed by atoms with E-state index in [4.69, 9.17) is 4.42 Å². The molecule has 2 amide bonds. The zero-order valence-corrected chi connectivity index (χ0v) is 13.4. The largest absolute Gasteiger partial charge is 0.423 e. The highest BCUT2D eigenvalue weighted by atomic mass is 16.4. The lowest BCUT2D eigenvalue weighted by molar-refractivity contribution is 0.0955. The van der Waals surface area contributed by atoms with Crippen molar-refractivity contribution in [2.75, 3.05) is 24.3 Å². The Bertz CT molecular complexity index is 698. The van der Waals surface area contributed by atoms with Crippen LogP contribution in [0.2, 0.25) is 0 Å². The number of nitrogens with one attached hydrogen (secondary N) is 2. The van der Waals surface area contributed by atoms with E-state index in [-0.39, 0.29) is 12.1 Å². The van der Waals surface area contributed by atoms with E-state index in [1.165, 1.54) is 0 Å². The number of urea groups is 1. The molecule has 1 fully saturated rings. The molecule has 1 saturated carbocycles. The number of nitrogens with zero attached hydrogens (tertiary/aromatic N) is 2. The Morgan fingerprint density at radius 3 is 2.87 bits per heavy atom. The third kappa shape index (κ3) is 3.56. The minimum absolute atomic E-state index is 0.181.